The van der Waals surface area contributed by atoms with Crippen LogP contribution in [0.5, 0.6) is 0 Å². The molecular formula is C21H26F3N5. The van der Waals surface area contributed by atoms with Gasteiger partial charge in [-0.2, -0.15) is 23.4 Å². The predicted octanol–water partition coefficient (Wildman–Crippen LogP) is 4.78. The van der Waals surface area contributed by atoms with Crippen molar-refractivity contribution in [1.29, 1.82) is 0 Å². The first-order valence-corrected chi connectivity index (χ1v) is 9.67. The van der Waals surface area contributed by atoms with Gasteiger partial charge in [-0.25, -0.2) is 0 Å². The van der Waals surface area contributed by atoms with Crippen LogP contribution in [0.4, 0.5) is 13.2 Å². The van der Waals surface area contributed by atoms with Gasteiger partial charge in [0.25, 0.3) is 0 Å². The van der Waals surface area contributed by atoms with E-state index in [9.17, 15) is 13.2 Å². The lowest BCUT2D eigenvalue weighted by Gasteiger charge is -2.30. The number of unbranched alkanes of at least 4 members (excludes halogenated alkanes) is 1. The fourth-order valence-electron chi connectivity index (χ4n) is 3.79. The molecule has 0 fully saturated rings. The lowest BCUT2D eigenvalue weighted by atomic mass is 9.79. The summed E-state index contributed by atoms with van der Waals surface area (Å²) in [4.78, 5) is 0. The maximum Gasteiger partial charge on any atom is 0.433 e. The van der Waals surface area contributed by atoms with Crippen LogP contribution < -0.4 is 10.7 Å². The van der Waals surface area contributed by atoms with Gasteiger partial charge in [0.2, 0.25) is 0 Å². The number of dihydropyridines is 1. The van der Waals surface area contributed by atoms with E-state index in [0.29, 0.717) is 0 Å². The Balaban J connectivity index is 1.98. The van der Waals surface area contributed by atoms with E-state index in [1.807, 2.05) is 19.2 Å². The van der Waals surface area contributed by atoms with Crippen LogP contribution in [0.25, 0.3) is 0 Å². The van der Waals surface area contributed by atoms with Crippen molar-refractivity contribution in [2.75, 3.05) is 0 Å². The van der Waals surface area contributed by atoms with Gasteiger partial charge < -0.3 is 10.7 Å². The van der Waals surface area contributed by atoms with E-state index >= 15 is 0 Å². The van der Waals surface area contributed by atoms with Crippen molar-refractivity contribution >= 4 is 5.71 Å². The SMILES string of the molecule is C=CC1NN=C(C(=C)C)C1C1=CNC(c2cn[nH]c2C(F)(F)F)C=C1CCCC. The molecule has 1 aromatic heterocycles. The number of nitrogens with zero attached hydrogens (tertiary/aromatic N) is 2. The monoisotopic (exact) mass is 405 g/mol. The van der Waals surface area contributed by atoms with Crippen molar-refractivity contribution in [2.24, 2.45) is 11.0 Å². The number of hydrogen-bond donors (Lipinski definition) is 3. The molecule has 3 N–H and O–H groups in total. The van der Waals surface area contributed by atoms with Gasteiger partial charge in [-0.15, -0.1) is 6.58 Å². The molecular weight excluding hydrogens is 379 g/mol. The molecule has 3 heterocycles. The number of rotatable bonds is 7. The minimum atomic E-state index is -4.49. The zero-order valence-corrected chi connectivity index (χ0v) is 16.6. The maximum atomic E-state index is 13.3. The second kappa shape index (κ2) is 8.31. The number of hydrazone groups is 1. The standard InChI is InChI=1S/C21H26F3N5/c1-5-7-8-13-9-17(15-11-26-29-20(15)21(22,23)24)25-10-14(13)18-16(6-2)27-28-19(18)12(3)4/h6,9-11,16-18,25,27H,2-3,5,7-8H2,1,4H3,(H,26,29). The second-order valence-corrected chi connectivity index (χ2v) is 7.38. The molecule has 1 aromatic rings. The van der Waals surface area contributed by atoms with E-state index in [2.05, 4.69) is 46.1 Å². The maximum absolute atomic E-state index is 13.3. The van der Waals surface area contributed by atoms with Gasteiger partial charge in [0.15, 0.2) is 0 Å². The fraction of sp³-hybridized carbons (Fsp3) is 0.429. The van der Waals surface area contributed by atoms with Crippen molar-refractivity contribution in [3.8, 4) is 0 Å². The van der Waals surface area contributed by atoms with Crippen LogP contribution in [0.15, 0.2) is 59.5 Å². The molecule has 0 amide bonds. The predicted molar refractivity (Wildman–Crippen MR) is 108 cm³/mol. The molecule has 0 radical (unpaired) electrons. The molecule has 0 saturated heterocycles. The molecule has 8 heteroatoms. The Bertz CT molecular complexity index is 875. The molecule has 29 heavy (non-hydrogen) atoms. The molecule has 0 spiro atoms. The average molecular weight is 405 g/mol. The quantitative estimate of drug-likeness (QED) is 0.572. The summed E-state index contributed by atoms with van der Waals surface area (Å²) in [6.07, 6.45) is 4.92. The van der Waals surface area contributed by atoms with Crippen LogP contribution in [0.1, 0.15) is 50.4 Å². The van der Waals surface area contributed by atoms with E-state index in [-0.39, 0.29) is 17.5 Å². The van der Waals surface area contributed by atoms with Crippen LogP contribution in [-0.2, 0) is 6.18 Å². The minimum Gasteiger partial charge on any atom is -0.380 e. The Morgan fingerprint density at radius 3 is 2.72 bits per heavy atom. The van der Waals surface area contributed by atoms with Crippen molar-refractivity contribution in [3.05, 3.63) is 65.7 Å². The number of aromatic nitrogens is 2. The largest absolute Gasteiger partial charge is 0.433 e. The molecule has 0 saturated carbocycles. The summed E-state index contributed by atoms with van der Waals surface area (Å²) in [6.45, 7) is 11.9. The van der Waals surface area contributed by atoms with E-state index < -0.39 is 17.9 Å². The van der Waals surface area contributed by atoms with Gasteiger partial charge in [-0.3, -0.25) is 5.10 Å². The van der Waals surface area contributed by atoms with E-state index in [4.69, 9.17) is 0 Å². The lowest BCUT2D eigenvalue weighted by Crippen LogP contribution is -2.33. The molecule has 3 rings (SSSR count). The Labute approximate surface area is 168 Å². The topological polar surface area (TPSA) is 65.1 Å². The van der Waals surface area contributed by atoms with Gasteiger partial charge >= 0.3 is 6.18 Å². The zero-order chi connectivity index (χ0) is 21.2. The van der Waals surface area contributed by atoms with E-state index in [0.717, 1.165) is 41.7 Å². The first kappa shape index (κ1) is 21.0. The summed E-state index contributed by atoms with van der Waals surface area (Å²) in [5, 5.41) is 13.2. The van der Waals surface area contributed by atoms with Crippen LogP contribution >= 0.6 is 0 Å². The minimum absolute atomic E-state index is 0.0837. The third kappa shape index (κ3) is 4.16. The van der Waals surface area contributed by atoms with Crippen LogP contribution in [0, 0.1) is 5.92 Å². The highest BCUT2D eigenvalue weighted by Crippen LogP contribution is 2.39. The number of H-pyrrole nitrogens is 1. The Hall–Kier alpha value is -2.77. The number of aromatic amines is 1. The summed E-state index contributed by atoms with van der Waals surface area (Å²) < 4.78 is 39.9. The summed E-state index contributed by atoms with van der Waals surface area (Å²) in [5.41, 5.74) is 6.04. The Morgan fingerprint density at radius 2 is 2.10 bits per heavy atom. The molecule has 0 bridgehead atoms. The number of allylic oxidation sites excluding steroid dienone is 2. The number of hydrogen-bond acceptors (Lipinski definition) is 4. The second-order valence-electron chi connectivity index (χ2n) is 7.38. The first-order valence-electron chi connectivity index (χ1n) is 9.67. The van der Waals surface area contributed by atoms with E-state index in [1.54, 1.807) is 6.08 Å². The highest BCUT2D eigenvalue weighted by Gasteiger charge is 2.39. The molecule has 3 atom stereocenters. The third-order valence-electron chi connectivity index (χ3n) is 5.26. The van der Waals surface area contributed by atoms with Crippen molar-refractivity contribution < 1.29 is 13.2 Å². The van der Waals surface area contributed by atoms with Crippen LogP contribution in [-0.4, -0.2) is 22.0 Å². The smallest absolute Gasteiger partial charge is 0.380 e. The number of nitrogens with one attached hydrogen (secondary N) is 3. The van der Waals surface area contributed by atoms with Crippen LogP contribution in [0.3, 0.4) is 0 Å². The van der Waals surface area contributed by atoms with Crippen molar-refractivity contribution in [2.45, 2.75) is 51.4 Å². The van der Waals surface area contributed by atoms with Crippen molar-refractivity contribution in [3.63, 3.8) is 0 Å². The van der Waals surface area contributed by atoms with Crippen LogP contribution in [0.2, 0.25) is 0 Å². The molecule has 2 aliphatic heterocycles. The summed E-state index contributed by atoms with van der Waals surface area (Å²) in [5.74, 6) is -0.0898. The number of halogens is 3. The molecule has 5 nitrogen and oxygen atoms in total. The molecule has 3 unspecified atom stereocenters. The first-order chi connectivity index (χ1) is 13.8. The highest BCUT2D eigenvalue weighted by molar-refractivity contribution is 6.04. The Kier molecular flexibility index (Phi) is 6.00. The fourth-order valence-corrected chi connectivity index (χ4v) is 3.79. The molecule has 0 aliphatic carbocycles. The average Bonchev–Trinajstić information content (AvgIpc) is 3.32. The van der Waals surface area contributed by atoms with Crippen molar-refractivity contribution in [1.82, 2.24) is 20.9 Å². The normalized spacial score (nSPS) is 24.2. The summed E-state index contributed by atoms with van der Waals surface area (Å²) in [6, 6.07) is -0.710. The highest BCUT2D eigenvalue weighted by atomic mass is 19.4. The number of alkyl halides is 3. The Morgan fingerprint density at radius 1 is 1.34 bits per heavy atom. The molecule has 2 aliphatic rings. The zero-order valence-electron chi connectivity index (χ0n) is 16.6. The molecule has 0 aromatic carbocycles. The molecule has 156 valence electrons. The third-order valence-corrected chi connectivity index (χ3v) is 5.26. The van der Waals surface area contributed by atoms with Gasteiger partial charge in [0, 0.05) is 11.8 Å². The summed E-state index contributed by atoms with van der Waals surface area (Å²) in [7, 11) is 0. The van der Waals surface area contributed by atoms with Gasteiger partial charge in [-0.05, 0) is 36.5 Å². The van der Waals surface area contributed by atoms with Gasteiger partial charge in [0.05, 0.1) is 29.9 Å². The lowest BCUT2D eigenvalue weighted by molar-refractivity contribution is -0.141. The van der Waals surface area contributed by atoms with Gasteiger partial charge in [0.1, 0.15) is 5.69 Å². The summed E-state index contributed by atoms with van der Waals surface area (Å²) >= 11 is 0. The van der Waals surface area contributed by atoms with Gasteiger partial charge in [-0.1, -0.05) is 32.1 Å². The van der Waals surface area contributed by atoms with E-state index in [1.165, 1.54) is 6.20 Å².